The van der Waals surface area contributed by atoms with Crippen LogP contribution >= 0.6 is 0 Å². The van der Waals surface area contributed by atoms with Crippen molar-refractivity contribution < 1.29 is 15.3 Å². The van der Waals surface area contributed by atoms with E-state index in [4.69, 9.17) is 16.6 Å². The van der Waals surface area contributed by atoms with Crippen molar-refractivity contribution in [3.8, 4) is 23.8 Å². The molecule has 0 aromatic heterocycles. The zero-order chi connectivity index (χ0) is 28.5. The van der Waals surface area contributed by atoms with Gasteiger partial charge >= 0.3 is 0 Å². The maximum atomic E-state index is 11.2. The number of anilines is 2. The Hall–Kier alpha value is -4.14. The maximum absolute atomic E-state index is 11.2. The molecule has 0 amide bonds. The average Bonchev–Trinajstić information content (AvgIpc) is 3.74. The molecule has 2 aliphatic rings. The molecule has 2 fully saturated rings. The van der Waals surface area contributed by atoms with E-state index >= 15 is 0 Å². The molecule has 2 saturated heterocycles. The number of aromatic hydroxyl groups is 2. The summed E-state index contributed by atoms with van der Waals surface area (Å²) in [6, 6.07) is 26.2. The van der Waals surface area contributed by atoms with Crippen molar-refractivity contribution >= 4 is 22.1 Å². The third-order valence-electron chi connectivity index (χ3n) is 7.53. The van der Waals surface area contributed by atoms with Crippen LogP contribution in [0, 0.1) is 12.3 Å². The molecule has 0 unspecified atom stereocenters. The number of aliphatic hydroxyl groups is 1. The second kappa shape index (κ2) is 13.3. The molecule has 2 aliphatic heterocycles. The topological polar surface area (TPSA) is 67.2 Å². The second-order valence-electron chi connectivity index (χ2n) is 10.1. The van der Waals surface area contributed by atoms with Crippen molar-refractivity contribution in [3.63, 3.8) is 0 Å². The lowest BCUT2D eigenvalue weighted by Crippen LogP contribution is -2.26. The van der Waals surface area contributed by atoms with Crippen LogP contribution in [0.5, 0.6) is 11.5 Å². The van der Waals surface area contributed by atoms with Crippen molar-refractivity contribution in [1.29, 1.82) is 0 Å². The van der Waals surface area contributed by atoms with Gasteiger partial charge in [-0.2, -0.15) is 0 Å². The fourth-order valence-corrected chi connectivity index (χ4v) is 5.33. The Kier molecular flexibility index (Phi) is 9.58. The van der Waals surface area contributed by atoms with Crippen LogP contribution in [0.1, 0.15) is 50.7 Å². The maximum Gasteiger partial charge on any atom is 0.176 e. The lowest BCUT2D eigenvalue weighted by molar-refractivity contribution is 0.145. The van der Waals surface area contributed by atoms with Gasteiger partial charge in [-0.15, -0.1) is 6.42 Å². The van der Waals surface area contributed by atoms with Crippen LogP contribution in [0.4, 0.5) is 11.4 Å². The molecule has 4 aromatic rings. The molecular weight excluding hydrogens is 496 g/mol. The molecule has 0 bridgehead atoms. The van der Waals surface area contributed by atoms with E-state index in [-0.39, 0.29) is 11.5 Å². The molecule has 0 aliphatic carbocycles. The van der Waals surface area contributed by atoms with E-state index in [0.29, 0.717) is 0 Å². The second-order valence-corrected chi connectivity index (χ2v) is 10.1. The first kappa shape index (κ1) is 28.9. The highest BCUT2D eigenvalue weighted by Crippen LogP contribution is 2.33. The van der Waals surface area contributed by atoms with Gasteiger partial charge in [-0.05, 0) is 85.0 Å². The minimum Gasteiger partial charge on any atom is -0.508 e. The summed E-state index contributed by atoms with van der Waals surface area (Å²) in [5.74, 6) is 3.05. The molecular formula is C35H40N2O3. The van der Waals surface area contributed by atoms with Crippen molar-refractivity contribution in [3.05, 3.63) is 96.1 Å². The number of hydrogen-bond donors (Lipinski definition) is 3. The number of rotatable bonds is 4. The van der Waals surface area contributed by atoms with Crippen molar-refractivity contribution in [2.45, 2.75) is 45.1 Å². The molecule has 40 heavy (non-hydrogen) atoms. The van der Waals surface area contributed by atoms with Gasteiger partial charge in [0, 0.05) is 48.7 Å². The Morgan fingerprint density at radius 3 is 1.32 bits per heavy atom. The summed E-state index contributed by atoms with van der Waals surface area (Å²) >= 11 is 0. The minimum absolute atomic E-state index is 0.216. The number of nitrogens with zero attached hydrogens (tertiary/aromatic N) is 2. The van der Waals surface area contributed by atoms with E-state index in [2.05, 4.69) is 40.0 Å². The highest BCUT2D eigenvalue weighted by molar-refractivity contribution is 5.85. The Labute approximate surface area is 238 Å². The van der Waals surface area contributed by atoms with E-state index < -0.39 is 5.60 Å². The first-order chi connectivity index (χ1) is 19.5. The lowest BCUT2D eigenvalue weighted by Gasteiger charge is -2.26. The minimum atomic E-state index is -1.40. The smallest absolute Gasteiger partial charge is 0.176 e. The number of terminal acetylenes is 1. The standard InChI is InChI=1S/C23H26N2O.C10H8O2.C2H6/c1-2-23(26,19-7-11-21(12-8-19)24-15-3-4-16-24)20-9-13-22(14-10-20)25-17-5-6-18-25;11-9-3-1-7-2-4-10(12)6-8(7)5-9;1-2/h1,7-14,26H,3-6,15-18H2;1-6,11-12H;1-2H3. The van der Waals surface area contributed by atoms with Gasteiger partial charge in [-0.1, -0.05) is 56.2 Å². The van der Waals surface area contributed by atoms with E-state index in [1.165, 1.54) is 37.1 Å². The Morgan fingerprint density at radius 1 is 0.600 bits per heavy atom. The predicted molar refractivity (Wildman–Crippen MR) is 166 cm³/mol. The molecule has 6 rings (SSSR count). The number of fused-ring (bicyclic) bond motifs is 1. The van der Waals surface area contributed by atoms with E-state index in [1.54, 1.807) is 24.3 Å². The van der Waals surface area contributed by atoms with Crippen LogP contribution in [-0.4, -0.2) is 41.5 Å². The molecule has 0 saturated carbocycles. The quantitative estimate of drug-likeness (QED) is 0.244. The molecule has 208 valence electrons. The van der Waals surface area contributed by atoms with Gasteiger partial charge in [0.2, 0.25) is 0 Å². The van der Waals surface area contributed by atoms with Crippen LogP contribution in [0.3, 0.4) is 0 Å². The molecule has 0 spiro atoms. The van der Waals surface area contributed by atoms with Gasteiger partial charge in [0.1, 0.15) is 11.5 Å². The van der Waals surface area contributed by atoms with Crippen molar-refractivity contribution in [2.75, 3.05) is 36.0 Å². The third kappa shape index (κ3) is 6.52. The van der Waals surface area contributed by atoms with E-state index in [0.717, 1.165) is 48.1 Å². The van der Waals surface area contributed by atoms with E-state index in [9.17, 15) is 5.11 Å². The Balaban J connectivity index is 0.000000220. The van der Waals surface area contributed by atoms with Crippen LogP contribution < -0.4 is 9.80 Å². The Morgan fingerprint density at radius 2 is 0.975 bits per heavy atom. The number of phenolic OH excluding ortho intramolecular Hbond substituents is 2. The molecule has 4 aromatic carbocycles. The molecule has 0 atom stereocenters. The first-order valence-corrected chi connectivity index (χ1v) is 14.3. The molecule has 0 radical (unpaired) electrons. The fourth-order valence-electron chi connectivity index (χ4n) is 5.33. The number of hydrogen-bond acceptors (Lipinski definition) is 5. The zero-order valence-corrected chi connectivity index (χ0v) is 23.6. The van der Waals surface area contributed by atoms with Crippen LogP contribution in [0.25, 0.3) is 10.8 Å². The summed E-state index contributed by atoms with van der Waals surface area (Å²) in [7, 11) is 0. The van der Waals surface area contributed by atoms with Gasteiger partial charge in [0.05, 0.1) is 0 Å². The summed E-state index contributed by atoms with van der Waals surface area (Å²) in [4.78, 5) is 4.76. The zero-order valence-electron chi connectivity index (χ0n) is 23.6. The highest BCUT2D eigenvalue weighted by atomic mass is 16.3. The average molecular weight is 537 g/mol. The molecule has 5 heteroatoms. The van der Waals surface area contributed by atoms with Gasteiger partial charge in [0.15, 0.2) is 5.60 Å². The van der Waals surface area contributed by atoms with Crippen LogP contribution in [0.15, 0.2) is 84.9 Å². The normalized spacial score (nSPS) is 14.7. The predicted octanol–water partition coefficient (Wildman–Crippen LogP) is 7.03. The van der Waals surface area contributed by atoms with Gasteiger partial charge in [-0.25, -0.2) is 0 Å². The monoisotopic (exact) mass is 536 g/mol. The number of benzene rings is 4. The SMILES string of the molecule is C#CC(O)(c1ccc(N2CCCC2)cc1)c1ccc(N2CCCC2)cc1.CC.Oc1ccc2ccc(O)cc2c1. The Bertz CT molecular complexity index is 1320. The summed E-state index contributed by atoms with van der Waals surface area (Å²) in [6.45, 7) is 8.43. The largest absolute Gasteiger partial charge is 0.508 e. The molecule has 3 N–H and O–H groups in total. The van der Waals surface area contributed by atoms with Gasteiger partial charge < -0.3 is 25.1 Å². The van der Waals surface area contributed by atoms with E-state index in [1.807, 2.05) is 50.2 Å². The van der Waals surface area contributed by atoms with Gasteiger partial charge in [0.25, 0.3) is 0 Å². The van der Waals surface area contributed by atoms with Crippen molar-refractivity contribution in [1.82, 2.24) is 0 Å². The summed E-state index contributed by atoms with van der Waals surface area (Å²) in [5.41, 5.74) is 2.51. The van der Waals surface area contributed by atoms with Gasteiger partial charge in [-0.3, -0.25) is 0 Å². The first-order valence-electron chi connectivity index (χ1n) is 14.3. The van der Waals surface area contributed by atoms with Crippen LogP contribution in [0.2, 0.25) is 0 Å². The third-order valence-corrected chi connectivity index (χ3v) is 7.53. The highest BCUT2D eigenvalue weighted by Gasteiger charge is 2.29. The number of phenols is 2. The summed E-state index contributed by atoms with van der Waals surface area (Å²) in [6.07, 6.45) is 10.8. The molecule has 2 heterocycles. The fraction of sp³-hybridized carbons (Fsp3) is 0.314. The summed E-state index contributed by atoms with van der Waals surface area (Å²) < 4.78 is 0. The summed E-state index contributed by atoms with van der Waals surface area (Å²) in [5, 5.41) is 31.3. The van der Waals surface area contributed by atoms with Crippen molar-refractivity contribution in [2.24, 2.45) is 0 Å². The molecule has 5 nitrogen and oxygen atoms in total. The van der Waals surface area contributed by atoms with Crippen LogP contribution in [-0.2, 0) is 5.60 Å². The lowest BCUT2D eigenvalue weighted by atomic mass is 9.87.